The quantitative estimate of drug-likeness (QED) is 0.282. The van der Waals surface area contributed by atoms with E-state index in [-0.39, 0.29) is 22.6 Å². The van der Waals surface area contributed by atoms with Gasteiger partial charge in [0.2, 0.25) is 11.9 Å². The van der Waals surface area contributed by atoms with Crippen molar-refractivity contribution in [2.24, 2.45) is 0 Å². The molecule has 0 unspecified atom stereocenters. The van der Waals surface area contributed by atoms with Crippen molar-refractivity contribution in [3.8, 4) is 22.6 Å². The monoisotopic (exact) mass is 458 g/mol. The molecule has 0 radical (unpaired) electrons. The molecule has 0 aliphatic carbocycles. The summed E-state index contributed by atoms with van der Waals surface area (Å²) in [5.74, 6) is -1.93. The summed E-state index contributed by atoms with van der Waals surface area (Å²) in [5, 5.41) is 0. The van der Waals surface area contributed by atoms with E-state index in [4.69, 9.17) is 0 Å². The fraction of sp³-hybridized carbons (Fsp3) is 0.208. The number of hydrogen-bond acceptors (Lipinski definition) is 3. The number of aromatic nitrogens is 4. The first kappa shape index (κ1) is 22.6. The average molecular weight is 458 g/mol. The highest BCUT2D eigenvalue weighted by Gasteiger charge is 2.36. The number of nitrogens with zero attached hydrogens (tertiary/aromatic N) is 3. The zero-order valence-corrected chi connectivity index (χ0v) is 17.9. The van der Waals surface area contributed by atoms with E-state index in [1.54, 1.807) is 37.3 Å². The van der Waals surface area contributed by atoms with Crippen LogP contribution in [0.5, 0.6) is 0 Å². The van der Waals surface area contributed by atoms with Crippen molar-refractivity contribution in [1.29, 1.82) is 0 Å². The zero-order chi connectivity index (χ0) is 24.0. The van der Waals surface area contributed by atoms with E-state index in [9.17, 15) is 22.0 Å². The predicted molar refractivity (Wildman–Crippen MR) is 113 cm³/mol. The summed E-state index contributed by atoms with van der Waals surface area (Å²) in [7, 11) is 0. The summed E-state index contributed by atoms with van der Waals surface area (Å²) in [5.41, 5.74) is 0.0405. The van der Waals surface area contributed by atoms with Gasteiger partial charge in [-0.3, -0.25) is 9.97 Å². The predicted octanol–water partition coefficient (Wildman–Crippen LogP) is 6.47. The van der Waals surface area contributed by atoms with Gasteiger partial charge in [-0.05, 0) is 63.2 Å². The highest BCUT2D eigenvalue weighted by atomic mass is 19.4. The Bertz CT molecular complexity index is 1320. The van der Waals surface area contributed by atoms with E-state index in [0.717, 1.165) is 12.1 Å². The van der Waals surface area contributed by atoms with Crippen molar-refractivity contribution >= 4 is 0 Å². The summed E-state index contributed by atoms with van der Waals surface area (Å²) >= 11 is 0. The van der Waals surface area contributed by atoms with Crippen LogP contribution in [0.2, 0.25) is 0 Å². The topological polar surface area (TPSA) is 54.5 Å². The molecule has 0 saturated heterocycles. The number of hydrogen-bond donors (Lipinski definition) is 1. The number of H-pyrrole nitrogens is 1. The maximum atomic E-state index is 14.2. The lowest BCUT2D eigenvalue weighted by Crippen LogP contribution is -2.22. The van der Waals surface area contributed by atoms with Crippen molar-refractivity contribution in [3.05, 3.63) is 89.1 Å². The first-order valence-corrected chi connectivity index (χ1v) is 10.0. The Morgan fingerprint density at radius 3 is 2.00 bits per heavy atom. The van der Waals surface area contributed by atoms with Crippen LogP contribution in [-0.2, 0) is 11.6 Å². The van der Waals surface area contributed by atoms with Gasteiger partial charge in [0.25, 0.3) is 0 Å². The molecule has 0 spiro atoms. The molecule has 33 heavy (non-hydrogen) atoms. The molecule has 9 heteroatoms. The van der Waals surface area contributed by atoms with Crippen LogP contribution in [0.25, 0.3) is 22.6 Å². The molecule has 4 nitrogen and oxygen atoms in total. The zero-order valence-electron chi connectivity index (χ0n) is 17.9. The van der Waals surface area contributed by atoms with Crippen molar-refractivity contribution in [3.63, 3.8) is 0 Å². The maximum absolute atomic E-state index is 14.2. The molecule has 0 saturated carbocycles. The van der Waals surface area contributed by atoms with Crippen molar-refractivity contribution in [1.82, 2.24) is 19.9 Å². The minimum Gasteiger partial charge on any atom is -0.357 e. The number of aryl methyl sites for hydroxylation is 1. The minimum absolute atomic E-state index is 0.0347. The van der Waals surface area contributed by atoms with Crippen LogP contribution in [0.1, 0.15) is 36.5 Å². The summed E-state index contributed by atoms with van der Waals surface area (Å²) in [6.07, 6.45) is -4.53. The van der Waals surface area contributed by atoms with E-state index in [1.165, 1.54) is 12.1 Å². The third-order valence-corrected chi connectivity index (χ3v) is 5.38. The second-order valence-electron chi connectivity index (χ2n) is 8.15. The molecule has 170 valence electrons. The summed E-state index contributed by atoms with van der Waals surface area (Å²) in [6.45, 7) is 5.18. The van der Waals surface area contributed by atoms with Crippen LogP contribution in [0.15, 0.2) is 54.6 Å². The van der Waals surface area contributed by atoms with E-state index >= 15 is 0 Å². The standard InChI is InChI=1S/C24H19F5N4/c1-13-12-15(24(27,28)29)21(30-13)17-7-5-9-19(32-17)23(2,3)18-8-4-6-16(31-18)14-10-11-20(25)33-22(14)26/h4-12,30H,1-3H3. The van der Waals surface area contributed by atoms with E-state index < -0.39 is 29.1 Å². The Labute approximate surface area is 186 Å². The second-order valence-corrected chi connectivity index (χ2v) is 8.15. The second kappa shape index (κ2) is 8.06. The van der Waals surface area contributed by atoms with Crippen LogP contribution in [0, 0.1) is 18.8 Å². The SMILES string of the molecule is Cc1cc(C(F)(F)F)c(-c2cccc(C(C)(C)c3cccc(-c4ccc(F)nc4F)n3)n2)[nH]1. The van der Waals surface area contributed by atoms with Gasteiger partial charge in [0.15, 0.2) is 0 Å². The fourth-order valence-corrected chi connectivity index (χ4v) is 3.60. The first-order valence-electron chi connectivity index (χ1n) is 10.0. The molecule has 0 bridgehead atoms. The van der Waals surface area contributed by atoms with Gasteiger partial charge in [-0.25, -0.2) is 0 Å². The number of pyridine rings is 3. The molecule has 0 aromatic carbocycles. The van der Waals surface area contributed by atoms with Gasteiger partial charge in [0, 0.05) is 11.1 Å². The van der Waals surface area contributed by atoms with Crippen molar-refractivity contribution in [2.75, 3.05) is 0 Å². The third kappa shape index (κ3) is 4.35. The van der Waals surface area contributed by atoms with Gasteiger partial charge in [-0.15, -0.1) is 0 Å². The van der Waals surface area contributed by atoms with E-state index in [2.05, 4.69) is 19.9 Å². The largest absolute Gasteiger partial charge is 0.418 e. The van der Waals surface area contributed by atoms with Gasteiger partial charge >= 0.3 is 6.18 Å². The van der Waals surface area contributed by atoms with E-state index in [1.807, 2.05) is 13.8 Å². The molecule has 4 heterocycles. The van der Waals surface area contributed by atoms with Crippen LogP contribution in [-0.4, -0.2) is 19.9 Å². The summed E-state index contributed by atoms with van der Waals surface area (Å²) < 4.78 is 67.8. The molecule has 4 aromatic heterocycles. The van der Waals surface area contributed by atoms with Gasteiger partial charge in [-0.1, -0.05) is 12.1 Å². The molecule has 0 aliphatic heterocycles. The smallest absolute Gasteiger partial charge is 0.357 e. The lowest BCUT2D eigenvalue weighted by molar-refractivity contribution is -0.137. The van der Waals surface area contributed by atoms with Gasteiger partial charge in [-0.2, -0.15) is 26.9 Å². The number of halogens is 5. The van der Waals surface area contributed by atoms with Crippen molar-refractivity contribution < 1.29 is 22.0 Å². The van der Waals surface area contributed by atoms with Gasteiger partial charge < -0.3 is 4.98 Å². The number of rotatable bonds is 4. The average Bonchev–Trinajstić information content (AvgIpc) is 3.16. The molecule has 0 atom stereocenters. The lowest BCUT2D eigenvalue weighted by atomic mass is 9.84. The molecular formula is C24H19F5N4. The van der Waals surface area contributed by atoms with Crippen LogP contribution in [0.4, 0.5) is 22.0 Å². The van der Waals surface area contributed by atoms with Crippen LogP contribution >= 0.6 is 0 Å². The summed E-state index contributed by atoms with van der Waals surface area (Å²) in [4.78, 5) is 15.0. The molecule has 0 amide bonds. The Balaban J connectivity index is 1.77. The Morgan fingerprint density at radius 1 is 0.788 bits per heavy atom. The molecule has 0 fully saturated rings. The van der Waals surface area contributed by atoms with Crippen LogP contribution < -0.4 is 0 Å². The van der Waals surface area contributed by atoms with Crippen molar-refractivity contribution in [2.45, 2.75) is 32.4 Å². The van der Waals surface area contributed by atoms with Gasteiger partial charge in [0.1, 0.15) is 0 Å². The molecule has 4 aromatic rings. The Hall–Kier alpha value is -3.62. The fourth-order valence-electron chi connectivity index (χ4n) is 3.60. The highest BCUT2D eigenvalue weighted by Crippen LogP contribution is 2.38. The third-order valence-electron chi connectivity index (χ3n) is 5.38. The maximum Gasteiger partial charge on any atom is 0.418 e. The number of nitrogens with one attached hydrogen (secondary N) is 1. The number of alkyl halides is 3. The van der Waals surface area contributed by atoms with Crippen LogP contribution in [0.3, 0.4) is 0 Å². The minimum atomic E-state index is -4.53. The molecular weight excluding hydrogens is 439 g/mol. The Morgan fingerprint density at radius 2 is 1.39 bits per heavy atom. The molecule has 0 aliphatic rings. The highest BCUT2D eigenvalue weighted by molar-refractivity contribution is 5.62. The number of aromatic amines is 1. The first-order chi connectivity index (χ1) is 15.5. The summed E-state index contributed by atoms with van der Waals surface area (Å²) in [6, 6.07) is 13.1. The lowest BCUT2D eigenvalue weighted by Gasteiger charge is -2.25. The normalized spacial score (nSPS) is 12.2. The Kier molecular flexibility index (Phi) is 5.51. The van der Waals surface area contributed by atoms with E-state index in [0.29, 0.717) is 17.1 Å². The van der Waals surface area contributed by atoms with Gasteiger partial charge in [0.05, 0.1) is 39.6 Å². The molecule has 4 rings (SSSR count). The molecule has 1 N–H and O–H groups in total.